The van der Waals surface area contributed by atoms with Crippen molar-refractivity contribution in [2.24, 2.45) is 0 Å². The van der Waals surface area contributed by atoms with Crippen molar-refractivity contribution in [2.75, 3.05) is 26.7 Å². The lowest BCUT2D eigenvalue weighted by molar-refractivity contribution is 0.151. The zero-order valence-corrected chi connectivity index (χ0v) is 14.0. The average Bonchev–Trinajstić information content (AvgIpc) is 2.57. The van der Waals surface area contributed by atoms with Gasteiger partial charge in [0.25, 0.3) is 0 Å². The van der Waals surface area contributed by atoms with Gasteiger partial charge in [-0.2, -0.15) is 0 Å². The number of hydrogen-bond acceptors (Lipinski definition) is 3. The van der Waals surface area contributed by atoms with E-state index in [0.29, 0.717) is 0 Å². The summed E-state index contributed by atoms with van der Waals surface area (Å²) in [5, 5.41) is 3.45. The molecule has 0 spiro atoms. The fourth-order valence-corrected chi connectivity index (χ4v) is 3.01. The van der Waals surface area contributed by atoms with E-state index in [1.165, 1.54) is 17.7 Å². The van der Waals surface area contributed by atoms with Crippen LogP contribution in [0, 0.1) is 5.82 Å². The summed E-state index contributed by atoms with van der Waals surface area (Å²) in [5.74, 6) is 0.727. The van der Waals surface area contributed by atoms with Gasteiger partial charge in [0, 0.05) is 31.7 Å². The van der Waals surface area contributed by atoms with Crippen LogP contribution in [0.25, 0.3) is 0 Å². The van der Waals surface area contributed by atoms with Crippen molar-refractivity contribution in [3.8, 4) is 5.75 Å². The van der Waals surface area contributed by atoms with Gasteiger partial charge < -0.3 is 10.1 Å². The quantitative estimate of drug-likeness (QED) is 0.926. The Labute approximate surface area is 142 Å². The number of para-hydroxylation sites is 1. The van der Waals surface area contributed by atoms with Crippen LogP contribution in [0.5, 0.6) is 5.75 Å². The van der Waals surface area contributed by atoms with Crippen molar-refractivity contribution in [1.29, 1.82) is 0 Å². The Hall–Kier alpha value is -1.62. The average molecular weight is 337 g/mol. The summed E-state index contributed by atoms with van der Waals surface area (Å²) >= 11 is 0. The van der Waals surface area contributed by atoms with Crippen LogP contribution in [0.15, 0.2) is 48.5 Å². The topological polar surface area (TPSA) is 24.5 Å². The molecule has 0 aromatic heterocycles. The Balaban J connectivity index is 0.00000192. The Morgan fingerprint density at radius 2 is 1.91 bits per heavy atom. The standard InChI is InChI=1S/C18H21FN2O.ClH/c1-22-18-5-3-2-4-16(18)17-12-20-10-11-21(17)13-14-6-8-15(19)9-7-14;/h2-9,17,20H,10-13H2,1H3;1H. The monoisotopic (exact) mass is 336 g/mol. The van der Waals surface area contributed by atoms with Crippen LogP contribution < -0.4 is 10.1 Å². The molecule has 23 heavy (non-hydrogen) atoms. The molecule has 124 valence electrons. The van der Waals surface area contributed by atoms with Gasteiger partial charge in [-0.3, -0.25) is 4.90 Å². The number of ether oxygens (including phenoxy) is 1. The van der Waals surface area contributed by atoms with E-state index in [2.05, 4.69) is 16.3 Å². The SMILES string of the molecule is COc1ccccc1C1CNCCN1Cc1ccc(F)cc1.Cl. The molecule has 1 aliphatic heterocycles. The lowest BCUT2D eigenvalue weighted by Crippen LogP contribution is -2.45. The largest absolute Gasteiger partial charge is 0.496 e. The van der Waals surface area contributed by atoms with E-state index in [-0.39, 0.29) is 24.3 Å². The molecular formula is C18H22ClFN2O. The van der Waals surface area contributed by atoms with E-state index in [1.54, 1.807) is 7.11 Å². The minimum Gasteiger partial charge on any atom is -0.496 e. The Morgan fingerprint density at radius 1 is 1.17 bits per heavy atom. The second kappa shape index (κ2) is 8.29. The summed E-state index contributed by atoms with van der Waals surface area (Å²) in [4.78, 5) is 2.42. The molecule has 1 saturated heterocycles. The summed E-state index contributed by atoms with van der Waals surface area (Å²) in [6.07, 6.45) is 0. The van der Waals surface area contributed by atoms with Gasteiger partial charge in [0.2, 0.25) is 0 Å². The maximum atomic E-state index is 13.1. The predicted octanol–water partition coefficient (Wildman–Crippen LogP) is 3.40. The van der Waals surface area contributed by atoms with Gasteiger partial charge in [-0.05, 0) is 23.8 Å². The molecule has 3 rings (SSSR count). The smallest absolute Gasteiger partial charge is 0.123 e. The van der Waals surface area contributed by atoms with Crippen LogP contribution in [-0.4, -0.2) is 31.6 Å². The molecule has 0 amide bonds. The van der Waals surface area contributed by atoms with Gasteiger partial charge in [0.05, 0.1) is 13.2 Å². The summed E-state index contributed by atoms with van der Waals surface area (Å²) < 4.78 is 18.6. The van der Waals surface area contributed by atoms with Crippen molar-refractivity contribution in [3.63, 3.8) is 0 Å². The highest BCUT2D eigenvalue weighted by molar-refractivity contribution is 5.85. The highest BCUT2D eigenvalue weighted by Gasteiger charge is 2.26. The Morgan fingerprint density at radius 3 is 2.65 bits per heavy atom. The Bertz CT molecular complexity index is 621. The molecular weight excluding hydrogens is 315 g/mol. The number of halogens is 2. The molecule has 0 bridgehead atoms. The predicted molar refractivity (Wildman–Crippen MR) is 92.7 cm³/mol. The molecule has 1 heterocycles. The third kappa shape index (κ3) is 4.22. The van der Waals surface area contributed by atoms with E-state index in [9.17, 15) is 4.39 Å². The van der Waals surface area contributed by atoms with E-state index in [1.807, 2.05) is 30.3 Å². The summed E-state index contributed by atoms with van der Waals surface area (Å²) in [5.41, 5.74) is 2.32. The first-order valence-corrected chi connectivity index (χ1v) is 7.60. The van der Waals surface area contributed by atoms with E-state index < -0.39 is 0 Å². The first-order chi connectivity index (χ1) is 10.8. The molecule has 1 N–H and O–H groups in total. The molecule has 1 atom stereocenters. The van der Waals surface area contributed by atoms with Gasteiger partial charge in [-0.1, -0.05) is 30.3 Å². The number of rotatable bonds is 4. The van der Waals surface area contributed by atoms with Crippen LogP contribution in [0.2, 0.25) is 0 Å². The second-order valence-electron chi connectivity index (χ2n) is 5.56. The zero-order chi connectivity index (χ0) is 15.4. The number of benzene rings is 2. The van der Waals surface area contributed by atoms with Gasteiger partial charge >= 0.3 is 0 Å². The first kappa shape index (κ1) is 17.7. The van der Waals surface area contributed by atoms with Gasteiger partial charge in [0.15, 0.2) is 0 Å². The van der Waals surface area contributed by atoms with Gasteiger partial charge in [-0.15, -0.1) is 12.4 Å². The highest BCUT2D eigenvalue weighted by Crippen LogP contribution is 2.31. The molecule has 2 aromatic rings. The molecule has 1 fully saturated rings. The minimum absolute atomic E-state index is 0. The van der Waals surface area contributed by atoms with Crippen molar-refractivity contribution >= 4 is 12.4 Å². The van der Waals surface area contributed by atoms with Crippen LogP contribution in [0.3, 0.4) is 0 Å². The van der Waals surface area contributed by atoms with Crippen LogP contribution in [0.1, 0.15) is 17.2 Å². The number of nitrogens with one attached hydrogen (secondary N) is 1. The molecule has 0 radical (unpaired) electrons. The lowest BCUT2D eigenvalue weighted by atomic mass is 10.0. The van der Waals surface area contributed by atoms with E-state index in [0.717, 1.165) is 37.5 Å². The molecule has 1 unspecified atom stereocenters. The molecule has 0 saturated carbocycles. The maximum Gasteiger partial charge on any atom is 0.123 e. The third-order valence-corrected chi connectivity index (χ3v) is 4.15. The van der Waals surface area contributed by atoms with Crippen molar-refractivity contribution in [3.05, 3.63) is 65.5 Å². The number of piperazine rings is 1. The molecule has 5 heteroatoms. The van der Waals surface area contributed by atoms with Gasteiger partial charge in [0.1, 0.15) is 11.6 Å². The van der Waals surface area contributed by atoms with Crippen molar-refractivity contribution in [2.45, 2.75) is 12.6 Å². The summed E-state index contributed by atoms with van der Waals surface area (Å²) in [6, 6.07) is 15.2. The van der Waals surface area contributed by atoms with Gasteiger partial charge in [-0.25, -0.2) is 4.39 Å². The second-order valence-corrected chi connectivity index (χ2v) is 5.56. The summed E-state index contributed by atoms with van der Waals surface area (Å²) in [6.45, 7) is 3.62. The third-order valence-electron chi connectivity index (χ3n) is 4.15. The molecule has 0 aliphatic carbocycles. The van der Waals surface area contributed by atoms with Crippen molar-refractivity contribution < 1.29 is 9.13 Å². The maximum absolute atomic E-state index is 13.1. The molecule has 3 nitrogen and oxygen atoms in total. The first-order valence-electron chi connectivity index (χ1n) is 7.60. The molecule has 1 aliphatic rings. The molecule has 2 aromatic carbocycles. The van der Waals surface area contributed by atoms with Crippen LogP contribution in [-0.2, 0) is 6.54 Å². The van der Waals surface area contributed by atoms with Crippen molar-refractivity contribution in [1.82, 2.24) is 10.2 Å². The van der Waals surface area contributed by atoms with Crippen LogP contribution >= 0.6 is 12.4 Å². The van der Waals surface area contributed by atoms with E-state index >= 15 is 0 Å². The summed E-state index contributed by atoms with van der Waals surface area (Å²) in [7, 11) is 1.71. The lowest BCUT2D eigenvalue weighted by Gasteiger charge is -2.37. The van der Waals surface area contributed by atoms with Crippen LogP contribution in [0.4, 0.5) is 4.39 Å². The zero-order valence-electron chi connectivity index (χ0n) is 13.2. The normalized spacial score (nSPS) is 18.3. The fraction of sp³-hybridized carbons (Fsp3) is 0.333. The number of methoxy groups -OCH3 is 1. The Kier molecular flexibility index (Phi) is 6.39. The minimum atomic E-state index is -0.190. The highest BCUT2D eigenvalue weighted by atomic mass is 35.5. The fourth-order valence-electron chi connectivity index (χ4n) is 3.01. The van der Waals surface area contributed by atoms with E-state index in [4.69, 9.17) is 4.74 Å². The number of hydrogen-bond donors (Lipinski definition) is 1. The number of nitrogens with zero attached hydrogens (tertiary/aromatic N) is 1.